The first kappa shape index (κ1) is 22.9. The summed E-state index contributed by atoms with van der Waals surface area (Å²) < 4.78 is 10.1. The van der Waals surface area contributed by atoms with Crippen LogP contribution in [0.1, 0.15) is 54.7 Å². The summed E-state index contributed by atoms with van der Waals surface area (Å²) >= 11 is 0. The quantitative estimate of drug-likeness (QED) is 0.677. The Morgan fingerprint density at radius 2 is 1.77 bits per heavy atom. The number of benzene rings is 2. The highest BCUT2D eigenvalue weighted by molar-refractivity contribution is 5.97. The van der Waals surface area contributed by atoms with E-state index in [-0.39, 0.29) is 12.0 Å². The summed E-state index contributed by atoms with van der Waals surface area (Å²) in [7, 11) is 1.27. The molecule has 0 fully saturated rings. The van der Waals surface area contributed by atoms with Crippen molar-refractivity contribution in [2.45, 2.75) is 45.8 Å². The standard InChI is InChI=1S/C23H27NO6/c1-14-8-6-11-17(21(26)27)20(14)16-10-7-9-15(12-16)18(13-19(25)29-5)24-22(28)30-23(2,3)4/h6-12,18H,13H2,1-5H3,(H,24,28)(H,26,27)/t18-/m0/s1. The highest BCUT2D eigenvalue weighted by Gasteiger charge is 2.24. The van der Waals surface area contributed by atoms with Crippen LogP contribution in [0, 0.1) is 6.92 Å². The first-order chi connectivity index (χ1) is 14.0. The van der Waals surface area contributed by atoms with Crippen molar-refractivity contribution in [1.82, 2.24) is 5.32 Å². The van der Waals surface area contributed by atoms with Crippen molar-refractivity contribution in [1.29, 1.82) is 0 Å². The molecule has 0 unspecified atom stereocenters. The number of aryl methyl sites for hydroxylation is 1. The van der Waals surface area contributed by atoms with Gasteiger partial charge in [-0.15, -0.1) is 0 Å². The minimum absolute atomic E-state index is 0.0985. The maximum absolute atomic E-state index is 12.3. The second-order valence-electron chi connectivity index (χ2n) is 7.91. The van der Waals surface area contributed by atoms with E-state index in [0.717, 1.165) is 5.56 Å². The SMILES string of the molecule is COC(=O)C[C@H](NC(=O)OC(C)(C)C)c1cccc(-c2c(C)cccc2C(=O)O)c1. The molecule has 0 heterocycles. The van der Waals surface area contributed by atoms with Gasteiger partial charge in [0.2, 0.25) is 0 Å². The molecule has 0 aliphatic carbocycles. The molecule has 0 spiro atoms. The minimum atomic E-state index is -1.03. The molecule has 1 amide bonds. The summed E-state index contributed by atoms with van der Waals surface area (Å²) in [6.07, 6.45) is -0.761. The number of carboxylic acid groups (broad SMARTS) is 1. The first-order valence-corrected chi connectivity index (χ1v) is 9.51. The number of methoxy groups -OCH3 is 1. The Labute approximate surface area is 176 Å². The molecule has 0 aromatic heterocycles. The molecule has 2 rings (SSSR count). The van der Waals surface area contributed by atoms with Crippen LogP contribution in [-0.4, -0.2) is 35.8 Å². The normalized spacial score (nSPS) is 12.0. The predicted molar refractivity (Wildman–Crippen MR) is 112 cm³/mol. The molecule has 2 aromatic rings. The van der Waals surface area contributed by atoms with E-state index >= 15 is 0 Å². The van der Waals surface area contributed by atoms with Gasteiger partial charge < -0.3 is 19.9 Å². The Balaban J connectivity index is 2.46. The molecule has 0 aliphatic rings. The van der Waals surface area contributed by atoms with Crippen LogP contribution in [-0.2, 0) is 14.3 Å². The Hall–Kier alpha value is -3.35. The lowest BCUT2D eigenvalue weighted by atomic mass is 9.92. The molecular formula is C23H27NO6. The van der Waals surface area contributed by atoms with Gasteiger partial charge in [-0.2, -0.15) is 0 Å². The summed E-state index contributed by atoms with van der Waals surface area (Å²) in [6.45, 7) is 7.07. The van der Waals surface area contributed by atoms with Crippen LogP contribution in [0.2, 0.25) is 0 Å². The van der Waals surface area contributed by atoms with Crippen molar-refractivity contribution in [2.24, 2.45) is 0 Å². The summed E-state index contributed by atoms with van der Waals surface area (Å²) in [5.41, 5.74) is 2.17. The fourth-order valence-corrected chi connectivity index (χ4v) is 3.09. The fourth-order valence-electron chi connectivity index (χ4n) is 3.09. The van der Waals surface area contributed by atoms with Gasteiger partial charge in [0.15, 0.2) is 0 Å². The van der Waals surface area contributed by atoms with Crippen LogP contribution < -0.4 is 5.32 Å². The van der Waals surface area contributed by atoms with Crippen molar-refractivity contribution >= 4 is 18.0 Å². The van der Waals surface area contributed by atoms with Gasteiger partial charge in [0, 0.05) is 0 Å². The molecule has 2 aromatic carbocycles. The Bertz CT molecular complexity index is 945. The number of rotatable bonds is 6. The van der Waals surface area contributed by atoms with Gasteiger partial charge >= 0.3 is 18.0 Å². The fraction of sp³-hybridized carbons (Fsp3) is 0.348. The van der Waals surface area contributed by atoms with E-state index in [1.54, 1.807) is 57.2 Å². The van der Waals surface area contributed by atoms with Crippen molar-refractivity contribution in [3.8, 4) is 11.1 Å². The molecule has 0 bridgehead atoms. The third kappa shape index (κ3) is 6.07. The number of ether oxygens (including phenoxy) is 2. The lowest BCUT2D eigenvalue weighted by Gasteiger charge is -2.24. The number of nitrogens with one attached hydrogen (secondary N) is 1. The molecule has 0 saturated carbocycles. The van der Waals surface area contributed by atoms with Gasteiger partial charge in [-0.1, -0.05) is 30.3 Å². The predicted octanol–water partition coefficient (Wildman–Crippen LogP) is 4.49. The van der Waals surface area contributed by atoms with E-state index in [9.17, 15) is 19.5 Å². The van der Waals surface area contributed by atoms with Gasteiger partial charge in [-0.3, -0.25) is 4.79 Å². The first-order valence-electron chi connectivity index (χ1n) is 9.51. The van der Waals surface area contributed by atoms with Crippen molar-refractivity contribution < 1.29 is 29.0 Å². The average molecular weight is 413 g/mol. The third-order valence-corrected chi connectivity index (χ3v) is 4.37. The smallest absolute Gasteiger partial charge is 0.408 e. The molecule has 0 saturated heterocycles. The zero-order valence-corrected chi connectivity index (χ0v) is 17.8. The maximum atomic E-state index is 12.3. The summed E-state index contributed by atoms with van der Waals surface area (Å²) in [5, 5.41) is 12.3. The zero-order chi connectivity index (χ0) is 22.5. The molecule has 7 nitrogen and oxygen atoms in total. The lowest BCUT2D eigenvalue weighted by Crippen LogP contribution is -2.36. The molecule has 160 valence electrons. The van der Waals surface area contributed by atoms with Gasteiger partial charge in [0.1, 0.15) is 5.60 Å². The summed E-state index contributed by atoms with van der Waals surface area (Å²) in [4.78, 5) is 35.9. The second kappa shape index (κ2) is 9.43. The molecule has 7 heteroatoms. The van der Waals surface area contributed by atoms with Gasteiger partial charge in [0.25, 0.3) is 0 Å². The largest absolute Gasteiger partial charge is 0.478 e. The van der Waals surface area contributed by atoms with Crippen molar-refractivity contribution in [2.75, 3.05) is 7.11 Å². The molecule has 0 radical (unpaired) electrons. The highest BCUT2D eigenvalue weighted by Crippen LogP contribution is 2.30. The summed E-state index contributed by atoms with van der Waals surface area (Å²) in [5.74, 6) is -1.53. The van der Waals surface area contributed by atoms with E-state index in [1.165, 1.54) is 7.11 Å². The Morgan fingerprint density at radius 3 is 2.37 bits per heavy atom. The van der Waals surface area contributed by atoms with Crippen molar-refractivity contribution in [3.05, 3.63) is 59.2 Å². The lowest BCUT2D eigenvalue weighted by molar-refractivity contribution is -0.141. The zero-order valence-electron chi connectivity index (χ0n) is 17.8. The van der Waals surface area contributed by atoms with E-state index in [4.69, 9.17) is 9.47 Å². The van der Waals surface area contributed by atoms with Crippen LogP contribution in [0.25, 0.3) is 11.1 Å². The minimum Gasteiger partial charge on any atom is -0.478 e. The highest BCUT2D eigenvalue weighted by atomic mass is 16.6. The number of hydrogen-bond acceptors (Lipinski definition) is 5. The Morgan fingerprint density at radius 1 is 1.10 bits per heavy atom. The second-order valence-corrected chi connectivity index (χ2v) is 7.91. The number of amides is 1. The number of carboxylic acids is 1. The number of alkyl carbamates (subject to hydrolysis) is 1. The van der Waals surface area contributed by atoms with Crippen LogP contribution in [0.15, 0.2) is 42.5 Å². The third-order valence-electron chi connectivity index (χ3n) is 4.37. The van der Waals surface area contributed by atoms with Crippen LogP contribution in [0.3, 0.4) is 0 Å². The van der Waals surface area contributed by atoms with E-state index in [0.29, 0.717) is 16.7 Å². The van der Waals surface area contributed by atoms with Gasteiger partial charge in [-0.05, 0) is 62.1 Å². The molecule has 2 N–H and O–H groups in total. The van der Waals surface area contributed by atoms with Crippen LogP contribution >= 0.6 is 0 Å². The van der Waals surface area contributed by atoms with Crippen LogP contribution in [0.5, 0.6) is 0 Å². The number of carbonyl (C=O) groups excluding carboxylic acids is 2. The molecule has 1 atom stereocenters. The van der Waals surface area contributed by atoms with E-state index < -0.39 is 29.7 Å². The molecular weight excluding hydrogens is 386 g/mol. The molecule has 0 aliphatic heterocycles. The topological polar surface area (TPSA) is 102 Å². The van der Waals surface area contributed by atoms with Crippen LogP contribution in [0.4, 0.5) is 4.79 Å². The number of aromatic carboxylic acids is 1. The number of esters is 1. The van der Waals surface area contributed by atoms with E-state index in [2.05, 4.69) is 5.32 Å². The maximum Gasteiger partial charge on any atom is 0.408 e. The van der Waals surface area contributed by atoms with Gasteiger partial charge in [-0.25, -0.2) is 9.59 Å². The van der Waals surface area contributed by atoms with Gasteiger partial charge in [0.05, 0.1) is 25.1 Å². The summed E-state index contributed by atoms with van der Waals surface area (Å²) in [6, 6.07) is 11.4. The molecule has 30 heavy (non-hydrogen) atoms. The number of hydrogen-bond donors (Lipinski definition) is 2. The monoisotopic (exact) mass is 413 g/mol. The number of carbonyl (C=O) groups is 3. The van der Waals surface area contributed by atoms with Crippen molar-refractivity contribution in [3.63, 3.8) is 0 Å². The van der Waals surface area contributed by atoms with E-state index in [1.807, 2.05) is 13.0 Å². The average Bonchev–Trinajstić information content (AvgIpc) is 2.65. The Kier molecular flexibility index (Phi) is 7.21.